The maximum Gasteiger partial charge on any atom is 0.233 e. The summed E-state index contributed by atoms with van der Waals surface area (Å²) in [6.45, 7) is 4.02. The molecule has 100 valence electrons. The second-order valence-corrected chi connectivity index (χ2v) is 3.65. The second-order valence-electron chi connectivity index (χ2n) is 3.65. The minimum absolute atomic E-state index is 0.00180. The van der Waals surface area contributed by atoms with Gasteiger partial charge in [0.2, 0.25) is 5.91 Å². The smallest absolute Gasteiger partial charge is 0.233 e. The van der Waals surface area contributed by atoms with Gasteiger partial charge in [0.15, 0.2) is 0 Å². The van der Waals surface area contributed by atoms with Gasteiger partial charge in [0.1, 0.15) is 18.1 Å². The minimum atomic E-state index is 0.00180. The van der Waals surface area contributed by atoms with Crippen molar-refractivity contribution in [1.29, 1.82) is 0 Å². The van der Waals surface area contributed by atoms with Crippen LogP contribution in [0.25, 0.3) is 0 Å². The Morgan fingerprint density at radius 2 is 1.89 bits per heavy atom. The van der Waals surface area contributed by atoms with E-state index in [4.69, 9.17) is 9.47 Å². The third-order valence-corrected chi connectivity index (χ3v) is 2.27. The molecule has 0 atom stereocenters. The van der Waals surface area contributed by atoms with Gasteiger partial charge < -0.3 is 20.1 Å². The van der Waals surface area contributed by atoms with E-state index in [2.05, 4.69) is 10.6 Å². The van der Waals surface area contributed by atoms with Gasteiger partial charge in [-0.3, -0.25) is 4.79 Å². The lowest BCUT2D eigenvalue weighted by atomic mass is 10.3. The van der Waals surface area contributed by atoms with E-state index in [1.165, 1.54) is 0 Å². The highest BCUT2D eigenvalue weighted by molar-refractivity contribution is 5.77. The van der Waals surface area contributed by atoms with Crippen molar-refractivity contribution >= 4 is 5.91 Å². The molecule has 5 nitrogen and oxygen atoms in total. The van der Waals surface area contributed by atoms with Crippen molar-refractivity contribution in [3.8, 4) is 11.5 Å². The molecular weight excluding hydrogens is 232 g/mol. The highest BCUT2D eigenvalue weighted by Gasteiger charge is 1.98. The van der Waals surface area contributed by atoms with Gasteiger partial charge in [-0.05, 0) is 31.2 Å². The van der Waals surface area contributed by atoms with Crippen LogP contribution in [-0.2, 0) is 4.79 Å². The predicted octanol–water partition coefficient (Wildman–Crippen LogP) is 0.800. The fourth-order valence-corrected chi connectivity index (χ4v) is 1.37. The first-order valence-corrected chi connectivity index (χ1v) is 6.00. The van der Waals surface area contributed by atoms with Gasteiger partial charge in [-0.25, -0.2) is 0 Å². The molecule has 0 aliphatic heterocycles. The molecule has 0 spiro atoms. The Labute approximate surface area is 107 Å². The number of carbonyl (C=O) groups excluding carboxylic acids is 1. The predicted molar refractivity (Wildman–Crippen MR) is 70.0 cm³/mol. The van der Waals surface area contributed by atoms with Crippen LogP contribution in [0, 0.1) is 0 Å². The summed E-state index contributed by atoms with van der Waals surface area (Å²) in [5.41, 5.74) is 0. The van der Waals surface area contributed by atoms with Gasteiger partial charge in [-0.1, -0.05) is 0 Å². The fraction of sp³-hybridized carbons (Fsp3) is 0.462. The normalized spacial score (nSPS) is 9.89. The van der Waals surface area contributed by atoms with E-state index in [1.807, 2.05) is 31.2 Å². The number of nitrogens with one attached hydrogen (secondary N) is 2. The molecule has 0 bridgehead atoms. The maximum absolute atomic E-state index is 11.1. The SMILES string of the molecule is CCNC(=O)CNCCOc1ccc(OC)cc1. The first-order valence-electron chi connectivity index (χ1n) is 6.00. The number of hydrogen-bond donors (Lipinski definition) is 2. The summed E-state index contributed by atoms with van der Waals surface area (Å²) < 4.78 is 10.5. The third kappa shape index (κ3) is 5.54. The number of methoxy groups -OCH3 is 1. The molecule has 0 aliphatic rings. The first-order chi connectivity index (χ1) is 8.76. The van der Waals surface area contributed by atoms with Crippen molar-refractivity contribution in [3.05, 3.63) is 24.3 Å². The zero-order valence-electron chi connectivity index (χ0n) is 10.9. The fourth-order valence-electron chi connectivity index (χ4n) is 1.37. The average Bonchev–Trinajstić information content (AvgIpc) is 2.39. The van der Waals surface area contributed by atoms with Gasteiger partial charge in [0.25, 0.3) is 0 Å². The molecule has 5 heteroatoms. The van der Waals surface area contributed by atoms with Crippen molar-refractivity contribution in [2.75, 3.05) is 33.4 Å². The quantitative estimate of drug-likeness (QED) is 0.672. The Morgan fingerprint density at radius 3 is 2.50 bits per heavy atom. The zero-order chi connectivity index (χ0) is 13.2. The van der Waals surface area contributed by atoms with Crippen molar-refractivity contribution in [2.24, 2.45) is 0 Å². The molecule has 0 aromatic heterocycles. The zero-order valence-corrected chi connectivity index (χ0v) is 10.9. The van der Waals surface area contributed by atoms with Crippen molar-refractivity contribution in [2.45, 2.75) is 6.92 Å². The molecule has 1 amide bonds. The third-order valence-electron chi connectivity index (χ3n) is 2.27. The Balaban J connectivity index is 2.12. The molecule has 0 radical (unpaired) electrons. The standard InChI is InChI=1S/C13H20N2O3/c1-3-15-13(16)10-14-8-9-18-12-6-4-11(17-2)5-7-12/h4-7,14H,3,8-10H2,1-2H3,(H,15,16). The first kappa shape index (κ1) is 14.3. The van der Waals surface area contributed by atoms with Crippen LogP contribution in [0.4, 0.5) is 0 Å². The Morgan fingerprint density at radius 1 is 1.22 bits per heavy atom. The summed E-state index contributed by atoms with van der Waals surface area (Å²) in [6.07, 6.45) is 0. The van der Waals surface area contributed by atoms with E-state index in [9.17, 15) is 4.79 Å². The second kappa shape index (κ2) is 8.36. The molecule has 1 aromatic rings. The summed E-state index contributed by atoms with van der Waals surface area (Å²) in [6, 6.07) is 7.39. The van der Waals surface area contributed by atoms with E-state index in [0.29, 0.717) is 26.2 Å². The lowest BCUT2D eigenvalue weighted by molar-refractivity contribution is -0.120. The summed E-state index contributed by atoms with van der Waals surface area (Å²) in [4.78, 5) is 11.1. The summed E-state index contributed by atoms with van der Waals surface area (Å²) in [7, 11) is 1.63. The number of benzene rings is 1. The molecule has 0 aliphatic carbocycles. The molecule has 0 heterocycles. The minimum Gasteiger partial charge on any atom is -0.497 e. The van der Waals surface area contributed by atoms with Crippen molar-refractivity contribution < 1.29 is 14.3 Å². The number of hydrogen-bond acceptors (Lipinski definition) is 4. The molecular formula is C13H20N2O3. The van der Waals surface area contributed by atoms with Crippen molar-refractivity contribution in [1.82, 2.24) is 10.6 Å². The maximum atomic E-state index is 11.1. The van der Waals surface area contributed by atoms with E-state index in [-0.39, 0.29) is 5.91 Å². The van der Waals surface area contributed by atoms with Crippen LogP contribution in [0.5, 0.6) is 11.5 Å². The van der Waals surface area contributed by atoms with E-state index in [1.54, 1.807) is 7.11 Å². The molecule has 0 saturated heterocycles. The number of likely N-dealkylation sites (N-methyl/N-ethyl adjacent to an activating group) is 1. The summed E-state index contributed by atoms with van der Waals surface area (Å²) in [5.74, 6) is 1.59. The van der Waals surface area contributed by atoms with E-state index >= 15 is 0 Å². The van der Waals surface area contributed by atoms with Crippen LogP contribution in [0.1, 0.15) is 6.92 Å². The van der Waals surface area contributed by atoms with Gasteiger partial charge >= 0.3 is 0 Å². The van der Waals surface area contributed by atoms with E-state index in [0.717, 1.165) is 11.5 Å². The highest BCUT2D eigenvalue weighted by Crippen LogP contribution is 2.16. The number of ether oxygens (including phenoxy) is 2. The van der Waals surface area contributed by atoms with Crippen LogP contribution in [0.3, 0.4) is 0 Å². The molecule has 18 heavy (non-hydrogen) atoms. The number of amides is 1. The lowest BCUT2D eigenvalue weighted by Crippen LogP contribution is -2.35. The number of rotatable bonds is 8. The summed E-state index contributed by atoms with van der Waals surface area (Å²) in [5, 5.41) is 5.71. The number of carbonyl (C=O) groups is 1. The van der Waals surface area contributed by atoms with Crippen LogP contribution in [0.15, 0.2) is 24.3 Å². The summed E-state index contributed by atoms with van der Waals surface area (Å²) >= 11 is 0. The molecule has 1 aromatic carbocycles. The molecule has 2 N–H and O–H groups in total. The topological polar surface area (TPSA) is 59.6 Å². The van der Waals surface area contributed by atoms with Gasteiger partial charge in [0, 0.05) is 13.1 Å². The van der Waals surface area contributed by atoms with Gasteiger partial charge in [-0.2, -0.15) is 0 Å². The van der Waals surface area contributed by atoms with Crippen LogP contribution >= 0.6 is 0 Å². The molecule has 0 saturated carbocycles. The Hall–Kier alpha value is -1.75. The van der Waals surface area contributed by atoms with Crippen molar-refractivity contribution in [3.63, 3.8) is 0 Å². The molecule has 1 rings (SSSR count). The largest absolute Gasteiger partial charge is 0.497 e. The molecule has 0 unspecified atom stereocenters. The van der Waals surface area contributed by atoms with Crippen LogP contribution < -0.4 is 20.1 Å². The lowest BCUT2D eigenvalue weighted by Gasteiger charge is -2.08. The monoisotopic (exact) mass is 252 g/mol. The Kier molecular flexibility index (Phi) is 6.64. The molecule has 0 fully saturated rings. The van der Waals surface area contributed by atoms with E-state index < -0.39 is 0 Å². The van der Waals surface area contributed by atoms with Crippen LogP contribution in [0.2, 0.25) is 0 Å². The average molecular weight is 252 g/mol. The Bertz CT molecular complexity index is 352. The van der Waals surface area contributed by atoms with Crippen LogP contribution in [-0.4, -0.2) is 39.3 Å². The van der Waals surface area contributed by atoms with Gasteiger partial charge in [-0.15, -0.1) is 0 Å². The highest BCUT2D eigenvalue weighted by atomic mass is 16.5. The van der Waals surface area contributed by atoms with Gasteiger partial charge in [0.05, 0.1) is 13.7 Å².